The SMILES string of the molecule is CCc1ccc(-c2ccc(C(=O)C[C@@H](C(=O)CO)[C@@H](C)OC)cc2)cc1. The summed E-state index contributed by atoms with van der Waals surface area (Å²) in [7, 11) is 1.49. The molecule has 0 aromatic heterocycles. The first-order valence-corrected chi connectivity index (χ1v) is 8.89. The molecule has 0 heterocycles. The van der Waals surface area contributed by atoms with E-state index in [1.54, 1.807) is 19.1 Å². The molecule has 0 aliphatic heterocycles. The van der Waals surface area contributed by atoms with Crippen LogP contribution >= 0.6 is 0 Å². The molecule has 0 aliphatic carbocycles. The van der Waals surface area contributed by atoms with Gasteiger partial charge in [0.1, 0.15) is 6.61 Å². The average molecular weight is 354 g/mol. The van der Waals surface area contributed by atoms with Gasteiger partial charge in [0.2, 0.25) is 0 Å². The van der Waals surface area contributed by atoms with Gasteiger partial charge >= 0.3 is 0 Å². The van der Waals surface area contributed by atoms with Gasteiger partial charge in [0.15, 0.2) is 11.6 Å². The summed E-state index contributed by atoms with van der Waals surface area (Å²) >= 11 is 0. The summed E-state index contributed by atoms with van der Waals surface area (Å²) in [6.07, 6.45) is 0.607. The molecular weight excluding hydrogens is 328 g/mol. The minimum atomic E-state index is -0.640. The van der Waals surface area contributed by atoms with Crippen molar-refractivity contribution in [1.82, 2.24) is 0 Å². The van der Waals surface area contributed by atoms with Crippen molar-refractivity contribution in [2.24, 2.45) is 5.92 Å². The number of aryl methyl sites for hydroxylation is 1. The molecule has 138 valence electrons. The van der Waals surface area contributed by atoms with Gasteiger partial charge in [-0.2, -0.15) is 0 Å². The molecule has 2 aromatic rings. The van der Waals surface area contributed by atoms with Crippen LogP contribution in [0.25, 0.3) is 11.1 Å². The van der Waals surface area contributed by atoms with Crippen LogP contribution in [-0.2, 0) is 16.0 Å². The number of rotatable bonds is 9. The second kappa shape index (κ2) is 9.41. The monoisotopic (exact) mass is 354 g/mol. The molecule has 0 spiro atoms. The molecule has 0 saturated carbocycles. The number of hydrogen-bond donors (Lipinski definition) is 1. The predicted octanol–water partition coefficient (Wildman–Crippen LogP) is 3.70. The molecule has 0 bridgehead atoms. The Labute approximate surface area is 154 Å². The van der Waals surface area contributed by atoms with Gasteiger partial charge in [0, 0.05) is 19.1 Å². The first-order valence-electron chi connectivity index (χ1n) is 8.89. The molecule has 26 heavy (non-hydrogen) atoms. The number of carbonyl (C=O) groups excluding carboxylic acids is 2. The molecule has 4 heteroatoms. The van der Waals surface area contributed by atoms with E-state index in [1.165, 1.54) is 12.7 Å². The van der Waals surface area contributed by atoms with Crippen molar-refractivity contribution in [3.8, 4) is 11.1 Å². The van der Waals surface area contributed by atoms with E-state index < -0.39 is 18.6 Å². The van der Waals surface area contributed by atoms with Crippen molar-refractivity contribution in [1.29, 1.82) is 0 Å². The van der Waals surface area contributed by atoms with E-state index in [9.17, 15) is 9.59 Å². The number of methoxy groups -OCH3 is 1. The Balaban J connectivity index is 2.13. The summed E-state index contributed by atoms with van der Waals surface area (Å²) in [5.41, 5.74) is 3.98. The lowest BCUT2D eigenvalue weighted by Crippen LogP contribution is -2.31. The Morgan fingerprint density at radius 1 is 1.00 bits per heavy atom. The minimum absolute atomic E-state index is 0.0267. The van der Waals surface area contributed by atoms with E-state index in [4.69, 9.17) is 9.84 Å². The highest BCUT2D eigenvalue weighted by Crippen LogP contribution is 2.22. The van der Waals surface area contributed by atoms with Crippen molar-refractivity contribution in [2.75, 3.05) is 13.7 Å². The Kier molecular flexibility index (Phi) is 7.25. The van der Waals surface area contributed by atoms with Crippen LogP contribution in [-0.4, -0.2) is 36.5 Å². The van der Waals surface area contributed by atoms with Gasteiger partial charge in [-0.05, 0) is 30.0 Å². The number of benzene rings is 2. The normalized spacial score (nSPS) is 13.2. The van der Waals surface area contributed by atoms with Crippen molar-refractivity contribution >= 4 is 11.6 Å². The zero-order valence-electron chi connectivity index (χ0n) is 15.6. The molecule has 2 aromatic carbocycles. The lowest BCUT2D eigenvalue weighted by molar-refractivity contribution is -0.129. The number of hydrogen-bond acceptors (Lipinski definition) is 4. The van der Waals surface area contributed by atoms with Gasteiger partial charge in [0.05, 0.1) is 12.0 Å². The zero-order chi connectivity index (χ0) is 19.1. The lowest BCUT2D eigenvalue weighted by atomic mass is 9.90. The van der Waals surface area contributed by atoms with Crippen molar-refractivity contribution in [2.45, 2.75) is 32.8 Å². The summed E-state index contributed by atoms with van der Waals surface area (Å²) in [6.45, 7) is 3.27. The number of aliphatic hydroxyl groups excluding tert-OH is 1. The standard InChI is InChI=1S/C22H26O4/c1-4-16-5-7-17(8-6-16)18-9-11-19(12-10-18)21(24)13-20(15(2)26-3)22(25)14-23/h5-12,15,20,23H,4,13-14H2,1-3H3/t15-,20-/m1/s1. The van der Waals surface area contributed by atoms with E-state index in [-0.39, 0.29) is 18.0 Å². The van der Waals surface area contributed by atoms with Crippen LogP contribution in [0.3, 0.4) is 0 Å². The minimum Gasteiger partial charge on any atom is -0.389 e. The Morgan fingerprint density at radius 3 is 2.00 bits per heavy atom. The van der Waals surface area contributed by atoms with Crippen LogP contribution in [0.15, 0.2) is 48.5 Å². The summed E-state index contributed by atoms with van der Waals surface area (Å²) in [5, 5.41) is 9.12. The van der Waals surface area contributed by atoms with E-state index in [1.807, 2.05) is 12.1 Å². The second-order valence-corrected chi connectivity index (χ2v) is 6.43. The summed E-state index contributed by atoms with van der Waals surface area (Å²) in [6, 6.07) is 15.7. The van der Waals surface area contributed by atoms with Crippen LogP contribution < -0.4 is 0 Å². The summed E-state index contributed by atoms with van der Waals surface area (Å²) < 4.78 is 5.18. The second-order valence-electron chi connectivity index (χ2n) is 6.43. The number of Topliss-reactive ketones (excluding diaryl/α,β-unsaturated/α-hetero) is 2. The topological polar surface area (TPSA) is 63.6 Å². The molecule has 0 amide bonds. The van der Waals surface area contributed by atoms with Crippen LogP contribution in [0.1, 0.15) is 36.2 Å². The highest BCUT2D eigenvalue weighted by Gasteiger charge is 2.27. The predicted molar refractivity (Wildman–Crippen MR) is 102 cm³/mol. The van der Waals surface area contributed by atoms with Crippen LogP contribution in [0.5, 0.6) is 0 Å². The van der Waals surface area contributed by atoms with Crippen LogP contribution in [0.2, 0.25) is 0 Å². The molecule has 0 fully saturated rings. The number of ether oxygens (including phenoxy) is 1. The maximum atomic E-state index is 12.5. The van der Waals surface area contributed by atoms with Crippen LogP contribution in [0, 0.1) is 5.92 Å². The first kappa shape index (κ1) is 20.0. The lowest BCUT2D eigenvalue weighted by Gasteiger charge is -2.20. The van der Waals surface area contributed by atoms with Crippen molar-refractivity contribution in [3.63, 3.8) is 0 Å². The first-order chi connectivity index (χ1) is 12.5. The average Bonchev–Trinajstić information content (AvgIpc) is 2.70. The van der Waals surface area contributed by atoms with E-state index in [0.717, 1.165) is 17.5 Å². The molecular formula is C22H26O4. The largest absolute Gasteiger partial charge is 0.389 e. The maximum absolute atomic E-state index is 12.5. The fraction of sp³-hybridized carbons (Fsp3) is 0.364. The molecule has 0 aliphatic rings. The van der Waals surface area contributed by atoms with Gasteiger partial charge in [0.25, 0.3) is 0 Å². The molecule has 4 nitrogen and oxygen atoms in total. The fourth-order valence-corrected chi connectivity index (χ4v) is 2.92. The number of carbonyl (C=O) groups is 2. The number of aliphatic hydroxyl groups is 1. The van der Waals surface area contributed by atoms with Gasteiger partial charge in [-0.1, -0.05) is 55.5 Å². The molecule has 0 saturated heterocycles. The molecule has 1 N–H and O–H groups in total. The van der Waals surface area contributed by atoms with Gasteiger partial charge in [-0.15, -0.1) is 0 Å². The van der Waals surface area contributed by atoms with Gasteiger partial charge < -0.3 is 9.84 Å². The van der Waals surface area contributed by atoms with E-state index in [0.29, 0.717) is 5.56 Å². The third-order valence-electron chi connectivity index (χ3n) is 4.82. The number of ketones is 2. The molecule has 2 atom stereocenters. The Bertz CT molecular complexity index is 732. The Hall–Kier alpha value is -2.30. The smallest absolute Gasteiger partial charge is 0.164 e. The third kappa shape index (κ3) is 4.87. The zero-order valence-corrected chi connectivity index (χ0v) is 15.6. The quantitative estimate of drug-likeness (QED) is 0.698. The highest BCUT2D eigenvalue weighted by atomic mass is 16.5. The Morgan fingerprint density at radius 2 is 1.54 bits per heavy atom. The van der Waals surface area contributed by atoms with Crippen molar-refractivity contribution in [3.05, 3.63) is 59.7 Å². The third-order valence-corrected chi connectivity index (χ3v) is 4.82. The van der Waals surface area contributed by atoms with E-state index in [2.05, 4.69) is 31.2 Å². The van der Waals surface area contributed by atoms with Crippen LogP contribution in [0.4, 0.5) is 0 Å². The molecule has 0 unspecified atom stereocenters. The highest BCUT2D eigenvalue weighted by molar-refractivity contribution is 5.99. The fourth-order valence-electron chi connectivity index (χ4n) is 2.92. The molecule has 0 radical (unpaired) electrons. The maximum Gasteiger partial charge on any atom is 0.164 e. The molecule has 2 rings (SSSR count). The van der Waals surface area contributed by atoms with E-state index >= 15 is 0 Å². The van der Waals surface area contributed by atoms with Gasteiger partial charge in [-0.3, -0.25) is 9.59 Å². The van der Waals surface area contributed by atoms with Gasteiger partial charge in [-0.25, -0.2) is 0 Å². The summed E-state index contributed by atoms with van der Waals surface area (Å²) in [5.74, 6) is -1.15. The summed E-state index contributed by atoms with van der Waals surface area (Å²) in [4.78, 5) is 24.4. The van der Waals surface area contributed by atoms with Crippen molar-refractivity contribution < 1.29 is 19.4 Å².